The third-order valence-electron chi connectivity index (χ3n) is 4.01. The topological polar surface area (TPSA) is 54.0 Å². The van der Waals surface area contributed by atoms with Crippen LogP contribution in [0.5, 0.6) is 0 Å². The van der Waals surface area contributed by atoms with Gasteiger partial charge in [0.15, 0.2) is 17.9 Å². The summed E-state index contributed by atoms with van der Waals surface area (Å²) in [5.41, 5.74) is 0.971. The Balaban J connectivity index is 1.72. The van der Waals surface area contributed by atoms with Gasteiger partial charge in [-0.15, -0.1) is 0 Å². The summed E-state index contributed by atoms with van der Waals surface area (Å²) in [4.78, 5) is 12.1. The molecule has 2 aliphatic rings. The lowest BCUT2D eigenvalue weighted by Gasteiger charge is -2.25. The highest BCUT2D eigenvalue weighted by Gasteiger charge is 2.56. The summed E-state index contributed by atoms with van der Waals surface area (Å²) >= 11 is 5.88. The van der Waals surface area contributed by atoms with Gasteiger partial charge in [-0.25, -0.2) is 0 Å². The van der Waals surface area contributed by atoms with Crippen LogP contribution in [-0.2, 0) is 30.3 Å². The zero-order chi connectivity index (χ0) is 16.6. The molecule has 5 nitrogen and oxygen atoms in total. The highest BCUT2D eigenvalue weighted by Crippen LogP contribution is 2.39. The van der Waals surface area contributed by atoms with Crippen LogP contribution in [0.4, 0.5) is 0 Å². The fourth-order valence-corrected chi connectivity index (χ4v) is 3.02. The van der Waals surface area contributed by atoms with Crippen molar-refractivity contribution in [1.29, 1.82) is 0 Å². The van der Waals surface area contributed by atoms with Crippen LogP contribution >= 0.6 is 11.6 Å². The number of hydrogen-bond acceptors (Lipinski definition) is 5. The molecule has 3 rings (SSSR count). The number of halogens is 1. The van der Waals surface area contributed by atoms with Crippen molar-refractivity contribution in [3.63, 3.8) is 0 Å². The molecule has 2 fully saturated rings. The molecule has 1 aromatic carbocycles. The van der Waals surface area contributed by atoms with E-state index in [9.17, 15) is 4.79 Å². The Morgan fingerprint density at radius 2 is 1.96 bits per heavy atom. The Morgan fingerprint density at radius 3 is 2.61 bits per heavy atom. The number of carbonyl (C=O) groups is 1. The Labute approximate surface area is 140 Å². The molecule has 0 N–H and O–H groups in total. The Hall–Kier alpha value is -0.980. The molecule has 6 heteroatoms. The zero-order valence-corrected chi connectivity index (χ0v) is 14.2. The maximum absolute atomic E-state index is 12.1. The first-order valence-corrected chi connectivity index (χ1v) is 8.17. The highest BCUT2D eigenvalue weighted by atomic mass is 35.5. The van der Waals surface area contributed by atoms with E-state index in [-0.39, 0.29) is 5.78 Å². The first-order valence-electron chi connectivity index (χ1n) is 7.79. The fraction of sp³-hybridized carbons (Fsp3) is 0.588. The van der Waals surface area contributed by atoms with Crippen molar-refractivity contribution in [2.24, 2.45) is 0 Å². The van der Waals surface area contributed by atoms with Gasteiger partial charge >= 0.3 is 0 Å². The van der Waals surface area contributed by atoms with Crippen LogP contribution in [0.15, 0.2) is 24.3 Å². The summed E-state index contributed by atoms with van der Waals surface area (Å²) in [6.07, 6.45) is -1.73. The summed E-state index contributed by atoms with van der Waals surface area (Å²) in [7, 11) is 0. The Kier molecular flexibility index (Phi) is 4.76. The van der Waals surface area contributed by atoms with E-state index in [0.717, 1.165) is 5.56 Å². The first-order chi connectivity index (χ1) is 10.9. The van der Waals surface area contributed by atoms with Gasteiger partial charge in [-0.1, -0.05) is 30.7 Å². The molecule has 126 valence electrons. The number of hydrogen-bond donors (Lipinski definition) is 0. The van der Waals surface area contributed by atoms with Gasteiger partial charge in [0.25, 0.3) is 0 Å². The van der Waals surface area contributed by atoms with Crippen molar-refractivity contribution >= 4 is 17.4 Å². The van der Waals surface area contributed by atoms with E-state index < -0.39 is 30.4 Å². The van der Waals surface area contributed by atoms with Gasteiger partial charge in [-0.05, 0) is 31.5 Å². The minimum Gasteiger partial charge on any atom is -0.367 e. The molecule has 2 saturated heterocycles. The van der Waals surface area contributed by atoms with Gasteiger partial charge in [-0.3, -0.25) is 4.79 Å². The maximum atomic E-state index is 12.1. The van der Waals surface area contributed by atoms with E-state index in [0.29, 0.717) is 18.1 Å². The number of carbonyl (C=O) groups excluding carboxylic acids is 1. The summed E-state index contributed by atoms with van der Waals surface area (Å²) in [6, 6.07) is 7.40. The van der Waals surface area contributed by atoms with E-state index >= 15 is 0 Å². The molecule has 4 atom stereocenters. The molecule has 1 aromatic rings. The molecular formula is C17H21ClO5. The largest absolute Gasteiger partial charge is 0.367 e. The molecule has 0 aliphatic carbocycles. The smallest absolute Gasteiger partial charge is 0.190 e. The number of Topliss-reactive ketones (excluding diaryl/α,β-unsaturated/α-hetero) is 1. The third kappa shape index (κ3) is 3.59. The van der Waals surface area contributed by atoms with Crippen LogP contribution in [0.25, 0.3) is 0 Å². The van der Waals surface area contributed by atoms with Gasteiger partial charge in [0.05, 0.1) is 6.61 Å². The summed E-state index contributed by atoms with van der Waals surface area (Å²) < 4.78 is 23.3. The second kappa shape index (κ2) is 6.49. The molecule has 0 saturated carbocycles. The second-order valence-corrected chi connectivity index (χ2v) is 6.68. The minimum atomic E-state index is -0.739. The molecule has 2 heterocycles. The average Bonchev–Trinajstić information content (AvgIpc) is 2.98. The van der Waals surface area contributed by atoms with Gasteiger partial charge in [0.2, 0.25) is 0 Å². The van der Waals surface area contributed by atoms with Crippen molar-refractivity contribution in [2.45, 2.75) is 64.2 Å². The van der Waals surface area contributed by atoms with Crippen LogP contribution in [-0.4, -0.2) is 36.2 Å². The molecule has 0 bridgehead atoms. The molecular weight excluding hydrogens is 320 g/mol. The van der Waals surface area contributed by atoms with Gasteiger partial charge in [0.1, 0.15) is 18.3 Å². The van der Waals surface area contributed by atoms with E-state index in [1.54, 1.807) is 12.1 Å². The number of rotatable bonds is 5. The van der Waals surface area contributed by atoms with E-state index in [1.165, 1.54) is 0 Å². The second-order valence-electron chi connectivity index (χ2n) is 6.25. The molecule has 2 aliphatic heterocycles. The van der Waals surface area contributed by atoms with Gasteiger partial charge in [-0.2, -0.15) is 0 Å². The van der Waals surface area contributed by atoms with Crippen LogP contribution in [0.1, 0.15) is 32.8 Å². The number of fused-ring (bicyclic) bond motifs is 1. The predicted molar refractivity (Wildman–Crippen MR) is 84.0 cm³/mol. The lowest BCUT2D eigenvalue weighted by Crippen LogP contribution is -2.40. The Morgan fingerprint density at radius 1 is 1.26 bits per heavy atom. The van der Waals surface area contributed by atoms with Crippen LogP contribution < -0.4 is 0 Å². The third-order valence-corrected chi connectivity index (χ3v) is 4.26. The van der Waals surface area contributed by atoms with E-state index in [4.69, 9.17) is 30.5 Å². The normalized spacial score (nSPS) is 32.0. The Bertz CT molecular complexity index is 571. The molecule has 23 heavy (non-hydrogen) atoms. The number of ether oxygens (including phenoxy) is 4. The molecule has 0 unspecified atom stereocenters. The molecule has 0 radical (unpaired) electrons. The minimum absolute atomic E-state index is 0.00878. The fourth-order valence-electron chi connectivity index (χ4n) is 2.89. The van der Waals surface area contributed by atoms with Crippen LogP contribution in [0, 0.1) is 0 Å². The highest BCUT2D eigenvalue weighted by molar-refractivity contribution is 6.30. The number of ketones is 1. The van der Waals surface area contributed by atoms with Crippen molar-refractivity contribution in [3.05, 3.63) is 34.9 Å². The maximum Gasteiger partial charge on any atom is 0.190 e. The lowest BCUT2D eigenvalue weighted by molar-refractivity contribution is -0.218. The van der Waals surface area contributed by atoms with Crippen LogP contribution in [0.2, 0.25) is 5.02 Å². The van der Waals surface area contributed by atoms with Gasteiger partial charge < -0.3 is 18.9 Å². The van der Waals surface area contributed by atoms with Gasteiger partial charge in [0, 0.05) is 11.4 Å². The van der Waals surface area contributed by atoms with Crippen molar-refractivity contribution < 1.29 is 23.7 Å². The average molecular weight is 341 g/mol. The lowest BCUT2D eigenvalue weighted by atomic mass is 10.1. The zero-order valence-electron chi connectivity index (χ0n) is 13.5. The van der Waals surface area contributed by atoms with E-state index in [1.807, 2.05) is 32.9 Å². The SMILES string of the molecule is CCC(=O)[C@H]1O[C@@H]2OC(C)(C)O[C@@H]2[C@H]1OCc1ccc(Cl)cc1. The summed E-state index contributed by atoms with van der Waals surface area (Å²) in [5, 5.41) is 0.673. The summed E-state index contributed by atoms with van der Waals surface area (Å²) in [6.45, 7) is 5.80. The van der Waals surface area contributed by atoms with E-state index in [2.05, 4.69) is 0 Å². The summed E-state index contributed by atoms with van der Waals surface area (Å²) in [5.74, 6) is -0.747. The molecule has 0 spiro atoms. The quantitative estimate of drug-likeness (QED) is 0.824. The van der Waals surface area contributed by atoms with Crippen molar-refractivity contribution in [2.75, 3.05) is 0 Å². The molecule has 0 aromatic heterocycles. The molecule has 0 amide bonds. The predicted octanol–water partition coefficient (Wildman–Crippen LogP) is 3.08. The number of benzene rings is 1. The van der Waals surface area contributed by atoms with Crippen molar-refractivity contribution in [1.82, 2.24) is 0 Å². The monoisotopic (exact) mass is 340 g/mol. The van der Waals surface area contributed by atoms with Crippen molar-refractivity contribution in [3.8, 4) is 0 Å². The standard InChI is InChI=1S/C17H21ClO5/c1-4-12(19)13-14(15-16(21-13)23-17(2,3)22-15)20-9-10-5-7-11(18)8-6-10/h5-8,13-16H,4,9H2,1-3H3/t13-,14+,15-,16-/m1/s1. The first kappa shape index (κ1) is 16.9. The van der Waals surface area contributed by atoms with Crippen LogP contribution in [0.3, 0.4) is 0 Å².